The van der Waals surface area contributed by atoms with Crippen molar-refractivity contribution in [2.24, 2.45) is 0 Å². The Balaban J connectivity index is 1.03. The van der Waals surface area contributed by atoms with Gasteiger partial charge in [0, 0.05) is 58.7 Å². The second kappa shape index (κ2) is 12.0. The summed E-state index contributed by atoms with van der Waals surface area (Å²) in [6.45, 7) is 0. The third-order valence-electron chi connectivity index (χ3n) is 11.8. The standard InChI is InChI=1S/C53H30N2O2S/c1-2-9-33-28-34(17-16-31(33)8-1)53-54-52-48(57-53)26-19-32-18-22-38-37-12-7-13-45(39(37)24-25-43(38)51(32)52)55(35-21-27-47-44(29-35)40-10-3-5-14-46(40)56-47)36-20-23-42-41-11-4-6-15-49(41)58-50(42)30-36/h1-30H. The first-order valence-electron chi connectivity index (χ1n) is 19.5. The SMILES string of the molecule is c1ccc2cc(-c3nc4c(ccc5ccc6c7cccc(N(c8ccc9c(c8)sc8ccccc89)c8ccc9oc%10ccccc%10c9c8)c7ccc6c54)o3)ccc2c1. The lowest BCUT2D eigenvalue weighted by Crippen LogP contribution is -2.10. The van der Waals surface area contributed by atoms with Gasteiger partial charge in [-0.05, 0) is 99.0 Å². The summed E-state index contributed by atoms with van der Waals surface area (Å²) in [5.41, 5.74) is 7.66. The van der Waals surface area contributed by atoms with E-state index >= 15 is 0 Å². The van der Waals surface area contributed by atoms with Crippen LogP contribution in [0.15, 0.2) is 191 Å². The van der Waals surface area contributed by atoms with Crippen molar-refractivity contribution in [2.75, 3.05) is 4.90 Å². The minimum Gasteiger partial charge on any atom is -0.456 e. The summed E-state index contributed by atoms with van der Waals surface area (Å²) in [7, 11) is 0. The number of anilines is 3. The molecule has 4 nitrogen and oxygen atoms in total. The Kier molecular flexibility index (Phi) is 6.57. The summed E-state index contributed by atoms with van der Waals surface area (Å²) < 4.78 is 15.3. The normalized spacial score (nSPS) is 12.1. The molecule has 0 saturated carbocycles. The number of fused-ring (bicyclic) bond motifs is 14. The van der Waals surface area contributed by atoms with Gasteiger partial charge in [0.25, 0.3) is 0 Å². The van der Waals surface area contributed by atoms with Crippen LogP contribution in [0.3, 0.4) is 0 Å². The lowest BCUT2D eigenvalue weighted by Gasteiger charge is -2.27. The summed E-state index contributed by atoms with van der Waals surface area (Å²) in [6.07, 6.45) is 0. The fourth-order valence-corrected chi connectivity index (χ4v) is 10.3. The first kappa shape index (κ1) is 31.7. The van der Waals surface area contributed by atoms with Crippen LogP contribution in [-0.2, 0) is 0 Å². The van der Waals surface area contributed by atoms with Gasteiger partial charge >= 0.3 is 0 Å². The van der Waals surface area contributed by atoms with Crippen molar-refractivity contribution in [3.63, 3.8) is 0 Å². The maximum atomic E-state index is 6.47. The van der Waals surface area contributed by atoms with Crippen molar-refractivity contribution in [3.8, 4) is 11.5 Å². The Morgan fingerprint density at radius 2 is 1.07 bits per heavy atom. The van der Waals surface area contributed by atoms with Crippen LogP contribution in [-0.4, -0.2) is 4.98 Å². The number of furan rings is 1. The molecule has 10 aromatic carbocycles. The van der Waals surface area contributed by atoms with Gasteiger partial charge in [0.05, 0.1) is 5.69 Å². The van der Waals surface area contributed by atoms with Gasteiger partial charge in [-0.3, -0.25) is 0 Å². The molecule has 0 spiro atoms. The van der Waals surface area contributed by atoms with Crippen LogP contribution in [0.2, 0.25) is 0 Å². The molecule has 3 heterocycles. The van der Waals surface area contributed by atoms with E-state index < -0.39 is 0 Å². The summed E-state index contributed by atoms with van der Waals surface area (Å²) in [6, 6.07) is 65.1. The largest absolute Gasteiger partial charge is 0.456 e. The maximum absolute atomic E-state index is 6.47. The number of hydrogen-bond donors (Lipinski definition) is 0. The van der Waals surface area contributed by atoms with Gasteiger partial charge in [0.1, 0.15) is 16.7 Å². The molecule has 0 N–H and O–H groups in total. The van der Waals surface area contributed by atoms with Gasteiger partial charge in [-0.15, -0.1) is 11.3 Å². The van der Waals surface area contributed by atoms with Gasteiger partial charge in [-0.25, -0.2) is 4.98 Å². The van der Waals surface area contributed by atoms with E-state index in [0.29, 0.717) is 5.89 Å². The molecule has 13 rings (SSSR count). The number of hydrogen-bond acceptors (Lipinski definition) is 5. The van der Waals surface area contributed by atoms with Gasteiger partial charge in [-0.2, -0.15) is 0 Å². The van der Waals surface area contributed by atoms with Gasteiger partial charge in [0.2, 0.25) is 5.89 Å². The number of aromatic nitrogens is 1. The van der Waals surface area contributed by atoms with Gasteiger partial charge in [-0.1, -0.05) is 115 Å². The number of thiophene rings is 1. The third kappa shape index (κ3) is 4.65. The Hall–Kier alpha value is -7.47. The van der Waals surface area contributed by atoms with E-state index in [2.05, 4.69) is 169 Å². The van der Waals surface area contributed by atoms with Crippen LogP contribution in [0.4, 0.5) is 17.1 Å². The number of para-hydroxylation sites is 1. The fourth-order valence-electron chi connectivity index (χ4n) is 9.14. The van der Waals surface area contributed by atoms with E-state index in [1.807, 2.05) is 29.5 Å². The number of nitrogens with zero attached hydrogens (tertiary/aromatic N) is 2. The molecule has 0 atom stereocenters. The second-order valence-electron chi connectivity index (χ2n) is 15.1. The zero-order chi connectivity index (χ0) is 37.9. The molecule has 0 unspecified atom stereocenters. The van der Waals surface area contributed by atoms with Crippen molar-refractivity contribution in [1.29, 1.82) is 0 Å². The smallest absolute Gasteiger partial charge is 0.227 e. The van der Waals surface area contributed by atoms with Crippen molar-refractivity contribution >= 4 is 125 Å². The summed E-state index contributed by atoms with van der Waals surface area (Å²) in [4.78, 5) is 7.58. The molecule has 0 radical (unpaired) electrons. The number of benzene rings is 10. The lowest BCUT2D eigenvalue weighted by molar-refractivity contribution is 0.620. The first-order chi connectivity index (χ1) is 28.7. The average molecular weight is 759 g/mol. The molecule has 0 aliphatic heterocycles. The molecule has 0 fully saturated rings. The van der Waals surface area contributed by atoms with Gasteiger partial charge < -0.3 is 13.7 Å². The molecule has 270 valence electrons. The highest BCUT2D eigenvalue weighted by Crippen LogP contribution is 2.46. The minimum absolute atomic E-state index is 0.627. The Morgan fingerprint density at radius 3 is 2.03 bits per heavy atom. The second-order valence-corrected chi connectivity index (χ2v) is 16.2. The van der Waals surface area contributed by atoms with E-state index in [4.69, 9.17) is 13.8 Å². The molecule has 0 saturated heterocycles. The zero-order valence-electron chi connectivity index (χ0n) is 30.9. The van der Waals surface area contributed by atoms with Crippen molar-refractivity contribution in [1.82, 2.24) is 4.98 Å². The summed E-state index contributed by atoms with van der Waals surface area (Å²) >= 11 is 1.84. The molecule has 5 heteroatoms. The molecular weight excluding hydrogens is 729 g/mol. The first-order valence-corrected chi connectivity index (χ1v) is 20.3. The lowest BCUT2D eigenvalue weighted by atomic mass is 9.95. The highest BCUT2D eigenvalue weighted by molar-refractivity contribution is 7.25. The predicted molar refractivity (Wildman–Crippen MR) is 244 cm³/mol. The van der Waals surface area contributed by atoms with Crippen LogP contribution in [0, 0.1) is 0 Å². The maximum Gasteiger partial charge on any atom is 0.227 e. The highest BCUT2D eigenvalue weighted by Gasteiger charge is 2.21. The van der Waals surface area contributed by atoms with Crippen LogP contribution >= 0.6 is 11.3 Å². The van der Waals surface area contributed by atoms with Crippen molar-refractivity contribution in [3.05, 3.63) is 182 Å². The summed E-state index contributed by atoms with van der Waals surface area (Å²) in [5.74, 6) is 0.627. The monoisotopic (exact) mass is 758 g/mol. The molecule has 13 aromatic rings. The molecule has 3 aromatic heterocycles. The topological polar surface area (TPSA) is 42.4 Å². The quantitative estimate of drug-likeness (QED) is 0.168. The third-order valence-corrected chi connectivity index (χ3v) is 13.0. The number of oxazole rings is 1. The Bertz CT molecular complexity index is 3830. The van der Waals surface area contributed by atoms with E-state index in [1.54, 1.807) is 0 Å². The van der Waals surface area contributed by atoms with Crippen molar-refractivity contribution < 1.29 is 8.83 Å². The Morgan fingerprint density at radius 1 is 0.397 bits per heavy atom. The van der Waals surface area contributed by atoms with Crippen LogP contribution in [0.25, 0.3) is 108 Å². The Labute approximate surface area is 335 Å². The van der Waals surface area contributed by atoms with E-state index in [9.17, 15) is 0 Å². The predicted octanol–water partition coefficient (Wildman–Crippen LogP) is 15.8. The molecular formula is C53H30N2O2S. The molecule has 58 heavy (non-hydrogen) atoms. The molecule has 0 aliphatic rings. The highest BCUT2D eigenvalue weighted by atomic mass is 32.1. The van der Waals surface area contributed by atoms with Gasteiger partial charge in [0.15, 0.2) is 5.58 Å². The van der Waals surface area contributed by atoms with E-state index in [-0.39, 0.29) is 0 Å². The minimum atomic E-state index is 0.627. The number of rotatable bonds is 4. The zero-order valence-corrected chi connectivity index (χ0v) is 31.8. The average Bonchev–Trinajstić information content (AvgIpc) is 3.99. The van der Waals surface area contributed by atoms with Crippen LogP contribution in [0.5, 0.6) is 0 Å². The van der Waals surface area contributed by atoms with Crippen LogP contribution in [0.1, 0.15) is 0 Å². The molecule has 0 bridgehead atoms. The molecule has 0 aliphatic carbocycles. The van der Waals surface area contributed by atoms with E-state index in [0.717, 1.165) is 82.6 Å². The van der Waals surface area contributed by atoms with Crippen LogP contribution < -0.4 is 4.90 Å². The molecule has 0 amide bonds. The fraction of sp³-hybridized carbons (Fsp3) is 0. The van der Waals surface area contributed by atoms with E-state index in [1.165, 1.54) is 36.3 Å². The summed E-state index contributed by atoms with van der Waals surface area (Å²) in [5, 5.41) is 14.0. The van der Waals surface area contributed by atoms with Crippen molar-refractivity contribution in [2.45, 2.75) is 0 Å².